The molecule has 0 unspecified atom stereocenters. The predicted octanol–water partition coefficient (Wildman–Crippen LogP) is 4.74. The van der Waals surface area contributed by atoms with Crippen LogP contribution in [0.5, 0.6) is 5.75 Å². The van der Waals surface area contributed by atoms with Crippen molar-refractivity contribution in [2.24, 2.45) is 11.8 Å². The van der Waals surface area contributed by atoms with Crippen LogP contribution >= 0.6 is 0 Å². The molecule has 0 aliphatic carbocycles. The van der Waals surface area contributed by atoms with Gasteiger partial charge < -0.3 is 9.64 Å². The summed E-state index contributed by atoms with van der Waals surface area (Å²) in [4.78, 5) is 61.2. The topological polar surface area (TPSA) is 87.2 Å². The molecule has 3 fully saturated rings. The van der Waals surface area contributed by atoms with Crippen LogP contribution < -0.4 is 9.64 Å². The number of benzene rings is 3. The summed E-state index contributed by atoms with van der Waals surface area (Å²) in [5.41, 5.74) is -1.18. The highest BCUT2D eigenvalue weighted by Gasteiger charge is 2.77. The molecule has 0 radical (unpaired) electrons. The number of amides is 5. The molecule has 0 bridgehead atoms. The Bertz CT molecular complexity index is 1570. The Morgan fingerprint density at radius 1 is 0.878 bits per heavy atom. The highest BCUT2D eigenvalue weighted by atomic mass is 19.1. The molecule has 3 aromatic carbocycles. The number of carbonyl (C=O) groups excluding carboxylic acids is 4. The zero-order valence-corrected chi connectivity index (χ0v) is 23.2. The van der Waals surface area contributed by atoms with Crippen molar-refractivity contribution in [3.05, 3.63) is 95.8 Å². The van der Waals surface area contributed by atoms with Crippen molar-refractivity contribution in [1.29, 1.82) is 0 Å². The SMILES string of the molecule is COc1ccc([C@@H]2[C@@H]3C(=O)N(C(C)(C)C)C(=O)[C@@H]3[C@]3(Cc4ccccc4)C(=O)N(c4cccc(F)c4)C(=O)N23)cc1. The van der Waals surface area contributed by atoms with Crippen molar-refractivity contribution in [2.45, 2.75) is 44.3 Å². The van der Waals surface area contributed by atoms with Gasteiger partial charge in [0.1, 0.15) is 17.1 Å². The second-order valence-electron chi connectivity index (χ2n) is 11.8. The Kier molecular flexibility index (Phi) is 6.02. The second-order valence-corrected chi connectivity index (χ2v) is 11.8. The minimum absolute atomic E-state index is 0.00898. The van der Waals surface area contributed by atoms with Crippen LogP contribution in [0.25, 0.3) is 0 Å². The maximum atomic E-state index is 14.7. The van der Waals surface area contributed by atoms with Crippen LogP contribution in [-0.2, 0) is 20.8 Å². The van der Waals surface area contributed by atoms with E-state index in [4.69, 9.17) is 4.74 Å². The molecular formula is C32H30FN3O5. The lowest BCUT2D eigenvalue weighted by Gasteiger charge is -2.38. The van der Waals surface area contributed by atoms with Gasteiger partial charge in [0.2, 0.25) is 11.8 Å². The number of rotatable bonds is 5. The molecule has 8 nitrogen and oxygen atoms in total. The second kappa shape index (κ2) is 9.26. The summed E-state index contributed by atoms with van der Waals surface area (Å²) in [5, 5.41) is 0. The number of ether oxygens (including phenoxy) is 1. The number of halogens is 1. The maximum Gasteiger partial charge on any atom is 0.332 e. The fraction of sp³-hybridized carbons (Fsp3) is 0.312. The van der Waals surface area contributed by atoms with Gasteiger partial charge in [-0.3, -0.25) is 19.3 Å². The molecule has 41 heavy (non-hydrogen) atoms. The van der Waals surface area contributed by atoms with Crippen LogP contribution in [-0.4, -0.2) is 51.7 Å². The standard InChI is InChI=1S/C32H30FN3O5/c1-31(2,3)36-27(37)24-25(28(36)38)32(18-19-9-6-5-7-10-19)29(39)34(22-12-8-11-21(33)17-22)30(40)35(32)26(24)20-13-15-23(41-4)16-14-20/h5-17,24-26H,18H2,1-4H3/t24-,25-,26-,32-/m1/s1. The number of imide groups is 2. The van der Waals surface area contributed by atoms with Crippen molar-refractivity contribution in [2.75, 3.05) is 12.0 Å². The number of anilines is 1. The van der Waals surface area contributed by atoms with Crippen LogP contribution in [0.1, 0.15) is 37.9 Å². The minimum atomic E-state index is -1.72. The molecule has 210 valence electrons. The number of hydrogen-bond donors (Lipinski definition) is 0. The van der Waals surface area contributed by atoms with E-state index in [9.17, 15) is 23.6 Å². The van der Waals surface area contributed by atoms with Gasteiger partial charge in [0.15, 0.2) is 0 Å². The van der Waals surface area contributed by atoms with Crippen LogP contribution in [0.2, 0.25) is 0 Å². The van der Waals surface area contributed by atoms with Crippen molar-refractivity contribution in [3.8, 4) is 5.75 Å². The fourth-order valence-electron chi connectivity index (χ4n) is 6.82. The van der Waals surface area contributed by atoms with Gasteiger partial charge >= 0.3 is 6.03 Å². The molecule has 3 aliphatic heterocycles. The summed E-state index contributed by atoms with van der Waals surface area (Å²) in [5.74, 6) is -3.73. The molecule has 0 saturated carbocycles. The first-order valence-corrected chi connectivity index (χ1v) is 13.5. The third-order valence-electron chi connectivity index (χ3n) is 8.40. The van der Waals surface area contributed by atoms with Crippen LogP contribution in [0, 0.1) is 17.7 Å². The third-order valence-corrected chi connectivity index (χ3v) is 8.40. The largest absolute Gasteiger partial charge is 0.497 e. The van der Waals surface area contributed by atoms with Gasteiger partial charge in [0.25, 0.3) is 5.91 Å². The first-order valence-electron chi connectivity index (χ1n) is 13.5. The van der Waals surface area contributed by atoms with Crippen LogP contribution in [0.15, 0.2) is 78.9 Å². The highest BCUT2D eigenvalue weighted by Crippen LogP contribution is 2.60. The molecule has 0 aromatic heterocycles. The molecule has 3 saturated heterocycles. The molecule has 0 N–H and O–H groups in total. The number of hydrogen-bond acceptors (Lipinski definition) is 5. The number of urea groups is 1. The summed E-state index contributed by atoms with van der Waals surface area (Å²) >= 11 is 0. The smallest absolute Gasteiger partial charge is 0.332 e. The molecule has 5 amide bonds. The number of carbonyl (C=O) groups is 4. The lowest BCUT2D eigenvalue weighted by atomic mass is 9.75. The van der Waals surface area contributed by atoms with Crippen LogP contribution in [0.4, 0.5) is 14.9 Å². The van der Waals surface area contributed by atoms with Gasteiger partial charge in [-0.25, -0.2) is 14.1 Å². The van der Waals surface area contributed by atoms with E-state index in [0.29, 0.717) is 11.3 Å². The maximum absolute atomic E-state index is 14.7. The number of likely N-dealkylation sites (tertiary alicyclic amines) is 1. The van der Waals surface area contributed by atoms with Gasteiger partial charge in [-0.1, -0.05) is 48.5 Å². The van der Waals surface area contributed by atoms with E-state index in [-0.39, 0.29) is 12.1 Å². The van der Waals surface area contributed by atoms with E-state index in [0.717, 1.165) is 16.5 Å². The van der Waals surface area contributed by atoms with E-state index >= 15 is 0 Å². The Labute approximate surface area is 237 Å². The lowest BCUT2D eigenvalue weighted by molar-refractivity contribution is -0.149. The average molecular weight is 556 g/mol. The molecule has 3 aliphatic rings. The Hall–Kier alpha value is -4.53. The normalized spacial score (nSPS) is 25.7. The monoisotopic (exact) mass is 555 g/mol. The fourth-order valence-corrected chi connectivity index (χ4v) is 6.82. The van der Waals surface area contributed by atoms with Crippen molar-refractivity contribution in [3.63, 3.8) is 0 Å². The highest BCUT2D eigenvalue weighted by molar-refractivity contribution is 6.27. The Morgan fingerprint density at radius 3 is 2.17 bits per heavy atom. The minimum Gasteiger partial charge on any atom is -0.497 e. The summed E-state index contributed by atoms with van der Waals surface area (Å²) in [6.07, 6.45) is 0.00898. The van der Waals surface area contributed by atoms with Gasteiger partial charge in [-0.2, -0.15) is 0 Å². The van der Waals surface area contributed by atoms with Gasteiger partial charge in [-0.05, 0) is 62.2 Å². The van der Waals surface area contributed by atoms with E-state index in [1.165, 1.54) is 35.1 Å². The van der Waals surface area contributed by atoms with Gasteiger partial charge in [-0.15, -0.1) is 0 Å². The summed E-state index contributed by atoms with van der Waals surface area (Å²) in [7, 11) is 1.53. The predicted molar refractivity (Wildman–Crippen MR) is 148 cm³/mol. The third kappa shape index (κ3) is 3.78. The summed E-state index contributed by atoms with van der Waals surface area (Å²) < 4.78 is 19.7. The first-order chi connectivity index (χ1) is 19.5. The molecule has 3 aromatic rings. The van der Waals surface area contributed by atoms with E-state index in [1.807, 2.05) is 30.3 Å². The average Bonchev–Trinajstić information content (AvgIpc) is 3.46. The molecule has 3 heterocycles. The molecular weight excluding hydrogens is 525 g/mol. The van der Waals surface area contributed by atoms with Crippen molar-refractivity contribution in [1.82, 2.24) is 9.80 Å². The molecule has 6 rings (SSSR count). The zero-order valence-electron chi connectivity index (χ0n) is 23.2. The summed E-state index contributed by atoms with van der Waals surface area (Å²) in [6, 6.07) is 19.7. The molecule has 4 atom stereocenters. The van der Waals surface area contributed by atoms with Gasteiger partial charge in [0.05, 0.1) is 30.7 Å². The molecule has 0 spiro atoms. The number of nitrogens with zero attached hydrogens (tertiary/aromatic N) is 3. The number of fused-ring (bicyclic) bond motifs is 3. The Morgan fingerprint density at radius 2 is 1.56 bits per heavy atom. The van der Waals surface area contributed by atoms with E-state index < -0.39 is 58.5 Å². The zero-order chi connectivity index (χ0) is 29.3. The van der Waals surface area contributed by atoms with Crippen molar-refractivity contribution < 1.29 is 28.3 Å². The lowest BCUT2D eigenvalue weighted by Crippen LogP contribution is -2.57. The first kappa shape index (κ1) is 26.7. The molecule has 9 heteroatoms. The van der Waals surface area contributed by atoms with Gasteiger partial charge in [0, 0.05) is 12.0 Å². The van der Waals surface area contributed by atoms with Crippen molar-refractivity contribution >= 4 is 29.4 Å². The Balaban J connectivity index is 1.62. The summed E-state index contributed by atoms with van der Waals surface area (Å²) in [6.45, 7) is 5.32. The van der Waals surface area contributed by atoms with E-state index in [1.54, 1.807) is 45.0 Å². The quantitative estimate of drug-likeness (QED) is 0.335. The van der Waals surface area contributed by atoms with Crippen LogP contribution in [0.3, 0.4) is 0 Å². The van der Waals surface area contributed by atoms with E-state index in [2.05, 4.69) is 0 Å². The number of methoxy groups -OCH3 is 1.